The van der Waals surface area contributed by atoms with Crippen LogP contribution < -0.4 is 9.64 Å². The van der Waals surface area contributed by atoms with Crippen LogP contribution in [0.15, 0.2) is 24.4 Å². The Bertz CT molecular complexity index is 848. The third kappa shape index (κ3) is 3.34. The molecule has 2 aliphatic rings. The highest BCUT2D eigenvalue weighted by Gasteiger charge is 2.26. The summed E-state index contributed by atoms with van der Waals surface area (Å²) in [5.41, 5.74) is 2.94. The van der Waals surface area contributed by atoms with E-state index in [0.29, 0.717) is 12.1 Å². The van der Waals surface area contributed by atoms with Crippen LogP contribution in [-0.4, -0.2) is 29.2 Å². The van der Waals surface area contributed by atoms with Crippen LogP contribution in [0, 0.1) is 17.1 Å². The molecule has 0 bridgehead atoms. The number of halogens is 1. The highest BCUT2D eigenvalue weighted by Crippen LogP contribution is 2.29. The summed E-state index contributed by atoms with van der Waals surface area (Å²) in [7, 11) is 0. The summed E-state index contributed by atoms with van der Waals surface area (Å²) >= 11 is 0. The Morgan fingerprint density at radius 1 is 1.27 bits per heavy atom. The van der Waals surface area contributed by atoms with Crippen molar-refractivity contribution in [3.63, 3.8) is 0 Å². The molecule has 1 aliphatic heterocycles. The molecule has 4 rings (SSSR count). The van der Waals surface area contributed by atoms with E-state index in [1.165, 1.54) is 17.8 Å². The van der Waals surface area contributed by atoms with Gasteiger partial charge in [-0.3, -0.25) is 0 Å². The number of hydrogen-bond acceptors (Lipinski definition) is 5. The number of rotatable bonds is 3. The van der Waals surface area contributed by atoms with Gasteiger partial charge in [0.15, 0.2) is 5.82 Å². The number of ether oxygens (including phenoxy) is 1. The molecular formula is C20H21FN4O. The van der Waals surface area contributed by atoms with Gasteiger partial charge >= 0.3 is 0 Å². The highest BCUT2D eigenvalue weighted by molar-refractivity contribution is 5.57. The maximum Gasteiger partial charge on any atom is 0.250 e. The summed E-state index contributed by atoms with van der Waals surface area (Å²) < 4.78 is 19.6. The lowest BCUT2D eigenvalue weighted by Crippen LogP contribution is -2.42. The first-order valence-electron chi connectivity index (χ1n) is 9.19. The highest BCUT2D eigenvalue weighted by atomic mass is 19.1. The van der Waals surface area contributed by atoms with E-state index in [2.05, 4.69) is 16.0 Å². The van der Waals surface area contributed by atoms with Crippen molar-refractivity contribution >= 4 is 5.82 Å². The van der Waals surface area contributed by atoms with Crippen molar-refractivity contribution in [2.45, 2.75) is 44.6 Å². The SMILES string of the molecule is N#Cc1cc2c(nc1N1CCCC(Oc3ncccc3F)C1)CCCC2. The van der Waals surface area contributed by atoms with Crippen molar-refractivity contribution in [3.05, 3.63) is 47.0 Å². The number of anilines is 1. The zero-order valence-electron chi connectivity index (χ0n) is 14.6. The lowest BCUT2D eigenvalue weighted by Gasteiger charge is -2.34. The van der Waals surface area contributed by atoms with Crippen LogP contribution in [0.25, 0.3) is 0 Å². The smallest absolute Gasteiger partial charge is 0.250 e. The molecule has 6 heteroatoms. The number of pyridine rings is 2. The van der Waals surface area contributed by atoms with Gasteiger partial charge in [-0.2, -0.15) is 5.26 Å². The number of hydrogen-bond donors (Lipinski definition) is 0. The Kier molecular flexibility index (Phi) is 4.70. The van der Waals surface area contributed by atoms with Gasteiger partial charge < -0.3 is 9.64 Å². The Hall–Kier alpha value is -2.68. The zero-order chi connectivity index (χ0) is 17.9. The minimum atomic E-state index is -0.450. The summed E-state index contributed by atoms with van der Waals surface area (Å²) in [6.07, 6.45) is 7.38. The van der Waals surface area contributed by atoms with E-state index >= 15 is 0 Å². The average molecular weight is 352 g/mol. The van der Waals surface area contributed by atoms with Crippen LogP contribution in [0.5, 0.6) is 5.88 Å². The minimum Gasteiger partial charge on any atom is -0.470 e. The lowest BCUT2D eigenvalue weighted by atomic mass is 9.94. The fourth-order valence-electron chi connectivity index (χ4n) is 3.79. The third-order valence-electron chi connectivity index (χ3n) is 5.08. The summed E-state index contributed by atoms with van der Waals surface area (Å²) in [4.78, 5) is 10.9. The monoisotopic (exact) mass is 352 g/mol. The maximum atomic E-state index is 13.8. The van der Waals surface area contributed by atoms with Gasteiger partial charge in [0.2, 0.25) is 0 Å². The van der Waals surface area contributed by atoms with Gasteiger partial charge in [0, 0.05) is 18.4 Å². The summed E-state index contributed by atoms with van der Waals surface area (Å²) in [6.45, 7) is 1.40. The zero-order valence-corrected chi connectivity index (χ0v) is 14.6. The Labute approximate surface area is 152 Å². The first kappa shape index (κ1) is 16.8. The van der Waals surface area contributed by atoms with Crippen LogP contribution in [0.1, 0.15) is 42.5 Å². The van der Waals surface area contributed by atoms with Gasteiger partial charge in [-0.15, -0.1) is 0 Å². The van der Waals surface area contributed by atoms with Crippen molar-refractivity contribution in [1.29, 1.82) is 5.26 Å². The van der Waals surface area contributed by atoms with E-state index in [1.807, 2.05) is 6.07 Å². The standard InChI is InChI=1S/C20H21FN4O/c21-17-7-3-9-23-20(17)26-16-6-4-10-25(13-16)19-15(12-22)11-14-5-1-2-8-18(14)24-19/h3,7,9,11,16H,1-2,4-6,8,10,13H2. The second-order valence-corrected chi connectivity index (χ2v) is 6.90. The molecule has 0 N–H and O–H groups in total. The van der Waals surface area contributed by atoms with E-state index < -0.39 is 5.82 Å². The van der Waals surface area contributed by atoms with Crippen molar-refractivity contribution < 1.29 is 9.13 Å². The molecule has 26 heavy (non-hydrogen) atoms. The minimum absolute atomic E-state index is 0.0401. The van der Waals surface area contributed by atoms with Crippen LogP contribution in [0.3, 0.4) is 0 Å². The molecule has 1 aliphatic carbocycles. The molecule has 0 spiro atoms. The molecule has 3 heterocycles. The molecule has 2 aromatic rings. The van der Waals surface area contributed by atoms with Gasteiger partial charge in [0.05, 0.1) is 12.1 Å². The van der Waals surface area contributed by atoms with Gasteiger partial charge in [0.1, 0.15) is 18.0 Å². The molecule has 2 aromatic heterocycles. The Morgan fingerprint density at radius 3 is 3.00 bits per heavy atom. The van der Waals surface area contributed by atoms with E-state index in [-0.39, 0.29) is 12.0 Å². The molecule has 134 valence electrons. The number of nitrogens with zero attached hydrogens (tertiary/aromatic N) is 4. The molecule has 0 aromatic carbocycles. The quantitative estimate of drug-likeness (QED) is 0.847. The largest absolute Gasteiger partial charge is 0.470 e. The maximum absolute atomic E-state index is 13.8. The number of nitriles is 1. The van der Waals surface area contributed by atoms with E-state index in [9.17, 15) is 9.65 Å². The summed E-state index contributed by atoms with van der Waals surface area (Å²) in [5, 5.41) is 9.58. The van der Waals surface area contributed by atoms with E-state index in [4.69, 9.17) is 9.72 Å². The molecule has 1 fully saturated rings. The second-order valence-electron chi connectivity index (χ2n) is 6.90. The summed E-state index contributed by atoms with van der Waals surface area (Å²) in [5.74, 6) is 0.329. The molecule has 1 saturated heterocycles. The fraction of sp³-hybridized carbons (Fsp3) is 0.450. The van der Waals surface area contributed by atoms with Gasteiger partial charge in [0.25, 0.3) is 5.88 Å². The van der Waals surface area contributed by atoms with E-state index in [0.717, 1.165) is 56.6 Å². The number of aryl methyl sites for hydroxylation is 2. The first-order chi connectivity index (χ1) is 12.7. The molecule has 0 saturated carbocycles. The molecular weight excluding hydrogens is 331 g/mol. The third-order valence-corrected chi connectivity index (χ3v) is 5.08. The molecule has 0 radical (unpaired) electrons. The van der Waals surface area contributed by atoms with Gasteiger partial charge in [-0.25, -0.2) is 14.4 Å². The molecule has 0 amide bonds. The van der Waals surface area contributed by atoms with Crippen molar-refractivity contribution in [2.75, 3.05) is 18.0 Å². The van der Waals surface area contributed by atoms with E-state index in [1.54, 1.807) is 6.07 Å². The van der Waals surface area contributed by atoms with Gasteiger partial charge in [-0.05, 0) is 62.3 Å². The predicted molar refractivity (Wildman–Crippen MR) is 95.7 cm³/mol. The normalized spacial score (nSPS) is 19.5. The average Bonchev–Trinajstić information content (AvgIpc) is 2.69. The second kappa shape index (κ2) is 7.28. The fourth-order valence-corrected chi connectivity index (χ4v) is 3.79. The van der Waals surface area contributed by atoms with Crippen LogP contribution in [0.2, 0.25) is 0 Å². The predicted octanol–water partition coefficient (Wildman–Crippen LogP) is 3.41. The van der Waals surface area contributed by atoms with Crippen LogP contribution in [-0.2, 0) is 12.8 Å². The van der Waals surface area contributed by atoms with Crippen molar-refractivity contribution in [2.24, 2.45) is 0 Å². The van der Waals surface area contributed by atoms with Crippen molar-refractivity contribution in [3.8, 4) is 11.9 Å². The topological polar surface area (TPSA) is 62.0 Å². The lowest BCUT2D eigenvalue weighted by molar-refractivity contribution is 0.164. The Balaban J connectivity index is 1.56. The Morgan fingerprint density at radius 2 is 2.15 bits per heavy atom. The number of aromatic nitrogens is 2. The van der Waals surface area contributed by atoms with Crippen LogP contribution in [0.4, 0.5) is 10.2 Å². The molecule has 1 unspecified atom stereocenters. The van der Waals surface area contributed by atoms with Gasteiger partial charge in [-0.1, -0.05) is 0 Å². The number of fused-ring (bicyclic) bond motifs is 1. The number of piperidine rings is 1. The van der Waals surface area contributed by atoms with Crippen LogP contribution >= 0.6 is 0 Å². The van der Waals surface area contributed by atoms with Crippen molar-refractivity contribution in [1.82, 2.24) is 9.97 Å². The first-order valence-corrected chi connectivity index (χ1v) is 9.19. The molecule has 1 atom stereocenters. The summed E-state index contributed by atoms with van der Waals surface area (Å²) in [6, 6.07) is 7.20. The molecule has 5 nitrogen and oxygen atoms in total.